The monoisotopic (exact) mass is 269 g/mol. The Morgan fingerprint density at radius 1 is 1.05 bits per heavy atom. The third-order valence-electron chi connectivity index (χ3n) is 4.32. The molecule has 0 aromatic heterocycles. The number of likely N-dealkylation sites (tertiary alicyclic amines) is 1. The number of carbonyl (C=O) groups excluding carboxylic acids is 1. The van der Waals surface area contributed by atoms with Gasteiger partial charge in [-0.15, -0.1) is 0 Å². The zero-order valence-corrected chi connectivity index (χ0v) is 12.1. The number of nitrogens with zero attached hydrogens (tertiary/aromatic N) is 2. The van der Waals surface area contributed by atoms with Gasteiger partial charge in [0, 0.05) is 39.3 Å². The standard InChI is InChI=1S/C14H27N3O2/c1-16(2)14(19)17-9-7-12(8-10-17)15-11-3-5-13(18)6-4-11/h11-13,15,18H,3-10H2,1-2H3. The summed E-state index contributed by atoms with van der Waals surface area (Å²) in [6, 6.07) is 1.22. The maximum Gasteiger partial charge on any atom is 0.319 e. The Hall–Kier alpha value is -0.810. The Balaban J connectivity index is 1.70. The van der Waals surface area contributed by atoms with Crippen LogP contribution in [0.1, 0.15) is 38.5 Å². The largest absolute Gasteiger partial charge is 0.393 e. The molecular weight excluding hydrogens is 242 g/mol. The van der Waals surface area contributed by atoms with Crippen molar-refractivity contribution in [1.82, 2.24) is 15.1 Å². The molecule has 1 aliphatic heterocycles. The van der Waals surface area contributed by atoms with Gasteiger partial charge < -0.3 is 20.2 Å². The van der Waals surface area contributed by atoms with Crippen LogP contribution in [-0.2, 0) is 0 Å². The van der Waals surface area contributed by atoms with Gasteiger partial charge in [-0.1, -0.05) is 0 Å². The van der Waals surface area contributed by atoms with Crippen molar-refractivity contribution >= 4 is 6.03 Å². The fraction of sp³-hybridized carbons (Fsp3) is 0.929. The number of carbonyl (C=O) groups is 1. The molecule has 2 aliphatic rings. The molecular formula is C14H27N3O2. The van der Waals surface area contributed by atoms with Crippen LogP contribution in [0.3, 0.4) is 0 Å². The summed E-state index contributed by atoms with van der Waals surface area (Å²) in [4.78, 5) is 15.4. The predicted molar refractivity (Wildman–Crippen MR) is 75.1 cm³/mol. The quantitative estimate of drug-likeness (QED) is 0.787. The highest BCUT2D eigenvalue weighted by Crippen LogP contribution is 2.21. The molecule has 0 atom stereocenters. The van der Waals surface area contributed by atoms with Crippen molar-refractivity contribution in [3.8, 4) is 0 Å². The molecule has 19 heavy (non-hydrogen) atoms. The van der Waals surface area contributed by atoms with Crippen molar-refractivity contribution < 1.29 is 9.90 Å². The predicted octanol–water partition coefficient (Wildman–Crippen LogP) is 1.03. The number of hydrogen-bond donors (Lipinski definition) is 2. The molecule has 5 heteroatoms. The number of piperidine rings is 1. The lowest BCUT2D eigenvalue weighted by atomic mass is 9.91. The highest BCUT2D eigenvalue weighted by Gasteiger charge is 2.26. The molecule has 1 saturated carbocycles. The van der Waals surface area contributed by atoms with Gasteiger partial charge in [0.05, 0.1) is 6.10 Å². The second-order valence-corrected chi connectivity index (χ2v) is 6.11. The van der Waals surface area contributed by atoms with E-state index in [1.807, 2.05) is 4.90 Å². The topological polar surface area (TPSA) is 55.8 Å². The third kappa shape index (κ3) is 4.08. The molecule has 5 nitrogen and oxygen atoms in total. The zero-order valence-electron chi connectivity index (χ0n) is 12.1. The van der Waals surface area contributed by atoms with Crippen LogP contribution in [0.5, 0.6) is 0 Å². The summed E-state index contributed by atoms with van der Waals surface area (Å²) in [6.07, 6.45) is 6.01. The first-order valence-corrected chi connectivity index (χ1v) is 7.46. The number of nitrogens with one attached hydrogen (secondary N) is 1. The summed E-state index contributed by atoms with van der Waals surface area (Å²) in [5.74, 6) is 0. The molecule has 1 saturated heterocycles. The lowest BCUT2D eigenvalue weighted by Gasteiger charge is -2.37. The van der Waals surface area contributed by atoms with Crippen LogP contribution in [0.25, 0.3) is 0 Å². The van der Waals surface area contributed by atoms with Crippen LogP contribution >= 0.6 is 0 Å². The van der Waals surface area contributed by atoms with Gasteiger partial charge in [-0.2, -0.15) is 0 Å². The average Bonchev–Trinajstić information content (AvgIpc) is 2.41. The summed E-state index contributed by atoms with van der Waals surface area (Å²) < 4.78 is 0. The van der Waals surface area contributed by atoms with Gasteiger partial charge in [0.2, 0.25) is 0 Å². The summed E-state index contributed by atoms with van der Waals surface area (Å²) in [6.45, 7) is 1.70. The van der Waals surface area contributed by atoms with Gasteiger partial charge >= 0.3 is 6.03 Å². The van der Waals surface area contributed by atoms with E-state index in [0.717, 1.165) is 51.6 Å². The van der Waals surface area contributed by atoms with Crippen LogP contribution in [-0.4, -0.2) is 66.3 Å². The fourth-order valence-corrected chi connectivity index (χ4v) is 3.10. The molecule has 0 aromatic carbocycles. The van der Waals surface area contributed by atoms with Gasteiger partial charge in [0.25, 0.3) is 0 Å². The van der Waals surface area contributed by atoms with Crippen molar-refractivity contribution in [2.24, 2.45) is 0 Å². The Bertz CT molecular complexity index is 293. The highest BCUT2D eigenvalue weighted by molar-refractivity contribution is 5.73. The van der Waals surface area contributed by atoms with E-state index in [9.17, 15) is 9.90 Å². The summed E-state index contributed by atoms with van der Waals surface area (Å²) in [5.41, 5.74) is 0. The first kappa shape index (κ1) is 14.6. The third-order valence-corrected chi connectivity index (χ3v) is 4.32. The van der Waals surface area contributed by atoms with Gasteiger partial charge in [-0.3, -0.25) is 0 Å². The molecule has 110 valence electrons. The summed E-state index contributed by atoms with van der Waals surface area (Å²) in [7, 11) is 3.61. The molecule has 0 aromatic rings. The lowest BCUT2D eigenvalue weighted by molar-refractivity contribution is 0.108. The van der Waals surface area contributed by atoms with Crippen molar-refractivity contribution in [3.05, 3.63) is 0 Å². The van der Waals surface area contributed by atoms with E-state index in [1.54, 1.807) is 19.0 Å². The van der Waals surface area contributed by atoms with Crippen LogP contribution in [0.15, 0.2) is 0 Å². The van der Waals surface area contributed by atoms with Gasteiger partial charge in [0.15, 0.2) is 0 Å². The smallest absolute Gasteiger partial charge is 0.319 e. The fourth-order valence-electron chi connectivity index (χ4n) is 3.10. The van der Waals surface area contributed by atoms with E-state index in [0.29, 0.717) is 12.1 Å². The number of urea groups is 1. The number of aliphatic hydroxyl groups excluding tert-OH is 1. The van der Waals surface area contributed by atoms with Crippen LogP contribution in [0.2, 0.25) is 0 Å². The maximum absolute atomic E-state index is 11.8. The highest BCUT2D eigenvalue weighted by atomic mass is 16.3. The first-order chi connectivity index (χ1) is 9.06. The number of rotatable bonds is 2. The van der Waals surface area contributed by atoms with E-state index >= 15 is 0 Å². The van der Waals surface area contributed by atoms with E-state index in [-0.39, 0.29) is 12.1 Å². The van der Waals surface area contributed by atoms with E-state index in [4.69, 9.17) is 0 Å². The van der Waals surface area contributed by atoms with Gasteiger partial charge in [-0.25, -0.2) is 4.79 Å². The molecule has 1 aliphatic carbocycles. The zero-order chi connectivity index (χ0) is 13.8. The van der Waals surface area contributed by atoms with Crippen LogP contribution < -0.4 is 5.32 Å². The first-order valence-electron chi connectivity index (χ1n) is 7.46. The Labute approximate surface area is 115 Å². The molecule has 2 rings (SSSR count). The van der Waals surface area contributed by atoms with Crippen molar-refractivity contribution in [2.45, 2.75) is 56.7 Å². The number of amides is 2. The lowest BCUT2D eigenvalue weighted by Crippen LogP contribution is -2.50. The van der Waals surface area contributed by atoms with Crippen LogP contribution in [0, 0.1) is 0 Å². The molecule has 0 radical (unpaired) electrons. The normalized spacial score (nSPS) is 29.3. The minimum Gasteiger partial charge on any atom is -0.393 e. The Kier molecular flexibility index (Phi) is 5.05. The Morgan fingerprint density at radius 2 is 1.58 bits per heavy atom. The van der Waals surface area contributed by atoms with Crippen LogP contribution in [0.4, 0.5) is 4.79 Å². The SMILES string of the molecule is CN(C)C(=O)N1CCC(NC2CCC(O)CC2)CC1. The molecule has 2 fully saturated rings. The summed E-state index contributed by atoms with van der Waals surface area (Å²) in [5, 5.41) is 13.2. The number of hydrogen-bond acceptors (Lipinski definition) is 3. The second-order valence-electron chi connectivity index (χ2n) is 6.11. The molecule has 2 amide bonds. The minimum atomic E-state index is -0.0855. The van der Waals surface area contributed by atoms with Crippen molar-refractivity contribution in [3.63, 3.8) is 0 Å². The molecule has 0 spiro atoms. The second kappa shape index (κ2) is 6.57. The molecule has 1 heterocycles. The van der Waals surface area contributed by atoms with Gasteiger partial charge in [-0.05, 0) is 38.5 Å². The van der Waals surface area contributed by atoms with Gasteiger partial charge in [0.1, 0.15) is 0 Å². The van der Waals surface area contributed by atoms with E-state index < -0.39 is 0 Å². The molecule has 0 unspecified atom stereocenters. The number of aliphatic hydroxyl groups is 1. The van der Waals surface area contributed by atoms with E-state index in [1.165, 1.54) is 0 Å². The Morgan fingerprint density at radius 3 is 2.11 bits per heavy atom. The van der Waals surface area contributed by atoms with E-state index in [2.05, 4.69) is 5.32 Å². The maximum atomic E-state index is 11.8. The minimum absolute atomic E-state index is 0.0855. The van der Waals surface area contributed by atoms with Crippen molar-refractivity contribution in [1.29, 1.82) is 0 Å². The summed E-state index contributed by atoms with van der Waals surface area (Å²) >= 11 is 0. The average molecular weight is 269 g/mol. The molecule has 2 N–H and O–H groups in total. The molecule has 0 bridgehead atoms. The van der Waals surface area contributed by atoms with Crippen molar-refractivity contribution in [2.75, 3.05) is 27.2 Å².